The molecule has 42 heavy (non-hydrogen) atoms. The molecule has 8 aromatic rings. The third-order valence-electron chi connectivity index (χ3n) is 9.41. The van der Waals surface area contributed by atoms with E-state index in [0.29, 0.717) is 0 Å². The number of aromatic nitrogens is 2. The van der Waals surface area contributed by atoms with Gasteiger partial charge in [-0.1, -0.05) is 98.8 Å². The second kappa shape index (κ2) is 8.41. The molecule has 0 saturated heterocycles. The van der Waals surface area contributed by atoms with Gasteiger partial charge in [-0.2, -0.15) is 0 Å². The summed E-state index contributed by atoms with van der Waals surface area (Å²) in [6.45, 7) is 4.71. The molecule has 0 spiro atoms. The number of fused-ring (bicyclic) bond motifs is 9. The number of pyridine rings is 1. The molecule has 0 N–H and O–H groups in total. The molecule has 2 heteroatoms. The number of hydrogen-bond donors (Lipinski definition) is 0. The Kier molecular flexibility index (Phi) is 4.70. The van der Waals surface area contributed by atoms with Crippen molar-refractivity contribution in [2.75, 3.05) is 0 Å². The minimum absolute atomic E-state index is 0.0553. The van der Waals surface area contributed by atoms with E-state index in [9.17, 15) is 0 Å². The Morgan fingerprint density at radius 1 is 0.548 bits per heavy atom. The minimum atomic E-state index is -0.0553. The van der Waals surface area contributed by atoms with Crippen LogP contribution in [0.4, 0.5) is 0 Å². The van der Waals surface area contributed by atoms with Crippen LogP contribution in [0.25, 0.3) is 71.4 Å². The smallest absolute Gasteiger partial charge is 0.0786 e. The van der Waals surface area contributed by atoms with E-state index in [-0.39, 0.29) is 5.41 Å². The molecule has 1 aliphatic carbocycles. The van der Waals surface area contributed by atoms with Crippen LogP contribution < -0.4 is 0 Å². The van der Waals surface area contributed by atoms with Crippen molar-refractivity contribution in [2.24, 2.45) is 0 Å². The SMILES string of the molecule is CC1(C)c2ccccc2-c2cc3c4cc(-c5cccc6ccc7cccnc7c56)ccc4n(-c4ccccc4)c3cc21. The van der Waals surface area contributed by atoms with Crippen LogP contribution in [-0.4, -0.2) is 9.55 Å². The largest absolute Gasteiger partial charge is 0.309 e. The molecule has 6 aromatic carbocycles. The molecule has 198 valence electrons. The Balaban J connectivity index is 1.39. The Hall–Kier alpha value is -5.21. The summed E-state index contributed by atoms with van der Waals surface area (Å²) in [6, 6.07) is 46.7. The fourth-order valence-corrected chi connectivity index (χ4v) is 7.39. The Morgan fingerprint density at radius 3 is 2.21 bits per heavy atom. The van der Waals surface area contributed by atoms with Gasteiger partial charge in [0.1, 0.15) is 0 Å². The highest BCUT2D eigenvalue weighted by molar-refractivity contribution is 6.16. The van der Waals surface area contributed by atoms with Gasteiger partial charge in [0.25, 0.3) is 0 Å². The number of hydrogen-bond acceptors (Lipinski definition) is 1. The van der Waals surface area contributed by atoms with Crippen LogP contribution in [0.1, 0.15) is 25.0 Å². The van der Waals surface area contributed by atoms with E-state index in [0.717, 1.165) is 10.9 Å². The third-order valence-corrected chi connectivity index (χ3v) is 9.41. The summed E-state index contributed by atoms with van der Waals surface area (Å²) < 4.78 is 2.44. The normalized spacial score (nSPS) is 13.7. The zero-order chi connectivity index (χ0) is 28.0. The molecule has 0 saturated carbocycles. The number of benzene rings is 6. The Labute approximate surface area is 244 Å². The molecule has 0 aliphatic heterocycles. The predicted octanol–water partition coefficient (Wildman–Crippen LogP) is 10.5. The molecule has 2 heterocycles. The highest BCUT2D eigenvalue weighted by Crippen LogP contribution is 2.51. The summed E-state index contributed by atoms with van der Waals surface area (Å²) in [6.07, 6.45) is 1.90. The maximum absolute atomic E-state index is 4.82. The molecular weight excluding hydrogens is 508 g/mol. The van der Waals surface area contributed by atoms with Crippen molar-refractivity contribution in [3.8, 4) is 27.9 Å². The molecule has 0 atom stereocenters. The van der Waals surface area contributed by atoms with Crippen LogP contribution in [-0.2, 0) is 5.41 Å². The fourth-order valence-electron chi connectivity index (χ4n) is 7.39. The number of rotatable bonds is 2. The van der Waals surface area contributed by atoms with Gasteiger partial charge in [0.05, 0.1) is 16.6 Å². The second-order valence-electron chi connectivity index (χ2n) is 12.0. The zero-order valence-electron chi connectivity index (χ0n) is 23.6. The second-order valence-corrected chi connectivity index (χ2v) is 12.0. The number of nitrogens with zero attached hydrogens (tertiary/aromatic N) is 2. The predicted molar refractivity (Wildman–Crippen MR) is 177 cm³/mol. The fraction of sp³-hybridized carbons (Fsp3) is 0.0750. The molecule has 0 unspecified atom stereocenters. The van der Waals surface area contributed by atoms with Crippen molar-refractivity contribution in [1.29, 1.82) is 0 Å². The van der Waals surface area contributed by atoms with Gasteiger partial charge in [-0.3, -0.25) is 4.98 Å². The van der Waals surface area contributed by atoms with Crippen molar-refractivity contribution in [3.63, 3.8) is 0 Å². The summed E-state index contributed by atoms with van der Waals surface area (Å²) in [5.74, 6) is 0. The van der Waals surface area contributed by atoms with Gasteiger partial charge in [-0.25, -0.2) is 0 Å². The lowest BCUT2D eigenvalue weighted by molar-refractivity contribution is 0.661. The van der Waals surface area contributed by atoms with E-state index >= 15 is 0 Å². The highest BCUT2D eigenvalue weighted by atomic mass is 15.0. The van der Waals surface area contributed by atoms with Crippen molar-refractivity contribution in [3.05, 3.63) is 145 Å². The topological polar surface area (TPSA) is 17.8 Å². The molecule has 0 amide bonds. The van der Waals surface area contributed by atoms with Crippen LogP contribution in [0.15, 0.2) is 134 Å². The first-order valence-corrected chi connectivity index (χ1v) is 14.6. The van der Waals surface area contributed by atoms with Gasteiger partial charge >= 0.3 is 0 Å². The lowest BCUT2D eigenvalue weighted by Gasteiger charge is -2.21. The molecule has 2 aromatic heterocycles. The summed E-state index contributed by atoms with van der Waals surface area (Å²) in [7, 11) is 0. The molecule has 0 fully saturated rings. The van der Waals surface area contributed by atoms with Gasteiger partial charge in [0, 0.05) is 38.8 Å². The van der Waals surface area contributed by atoms with Crippen LogP contribution >= 0.6 is 0 Å². The summed E-state index contributed by atoms with van der Waals surface area (Å²) in [4.78, 5) is 4.82. The van der Waals surface area contributed by atoms with Crippen molar-refractivity contribution in [1.82, 2.24) is 9.55 Å². The van der Waals surface area contributed by atoms with Gasteiger partial charge in [0.2, 0.25) is 0 Å². The average Bonchev–Trinajstić information content (AvgIpc) is 3.48. The van der Waals surface area contributed by atoms with Gasteiger partial charge in [-0.15, -0.1) is 0 Å². The average molecular weight is 537 g/mol. The third kappa shape index (κ3) is 3.12. The Morgan fingerprint density at radius 2 is 1.31 bits per heavy atom. The monoisotopic (exact) mass is 536 g/mol. The van der Waals surface area contributed by atoms with Crippen LogP contribution in [0, 0.1) is 0 Å². The molecule has 2 nitrogen and oxygen atoms in total. The molecule has 1 aliphatic rings. The lowest BCUT2D eigenvalue weighted by atomic mass is 9.82. The van der Waals surface area contributed by atoms with Crippen LogP contribution in [0.5, 0.6) is 0 Å². The standard InChI is InChI=1S/C40H28N2/c1-40(2)34-16-7-6-14-30(34)31-23-33-32-22-27(29-15-8-10-25-17-18-26-11-9-21-41-39(26)38(25)29)19-20-36(32)42(37(33)24-35(31)40)28-12-4-3-5-13-28/h3-24H,1-2H3. The number of para-hydroxylation sites is 1. The summed E-state index contributed by atoms with van der Waals surface area (Å²) >= 11 is 0. The first-order chi connectivity index (χ1) is 20.6. The van der Waals surface area contributed by atoms with Gasteiger partial charge in [-0.05, 0) is 81.2 Å². The van der Waals surface area contributed by atoms with Crippen molar-refractivity contribution >= 4 is 43.5 Å². The quantitative estimate of drug-likeness (QED) is 0.201. The van der Waals surface area contributed by atoms with Crippen LogP contribution in [0.2, 0.25) is 0 Å². The zero-order valence-corrected chi connectivity index (χ0v) is 23.6. The maximum Gasteiger partial charge on any atom is 0.0786 e. The van der Waals surface area contributed by atoms with E-state index in [1.54, 1.807) is 0 Å². The molecular formula is C40H28N2. The van der Waals surface area contributed by atoms with Crippen molar-refractivity contribution in [2.45, 2.75) is 19.3 Å². The van der Waals surface area contributed by atoms with Gasteiger partial charge < -0.3 is 4.57 Å². The lowest BCUT2D eigenvalue weighted by Crippen LogP contribution is -2.14. The highest BCUT2D eigenvalue weighted by Gasteiger charge is 2.36. The van der Waals surface area contributed by atoms with Crippen LogP contribution in [0.3, 0.4) is 0 Å². The van der Waals surface area contributed by atoms with E-state index < -0.39 is 0 Å². The molecule has 0 radical (unpaired) electrons. The van der Waals surface area contributed by atoms with E-state index in [1.807, 2.05) is 12.3 Å². The van der Waals surface area contributed by atoms with E-state index in [1.165, 1.54) is 71.6 Å². The summed E-state index contributed by atoms with van der Waals surface area (Å²) in [5, 5.41) is 6.13. The van der Waals surface area contributed by atoms with Gasteiger partial charge in [0.15, 0.2) is 0 Å². The maximum atomic E-state index is 4.82. The van der Waals surface area contributed by atoms with E-state index in [4.69, 9.17) is 4.98 Å². The summed E-state index contributed by atoms with van der Waals surface area (Å²) in [5.41, 5.74) is 12.6. The van der Waals surface area contributed by atoms with Crippen molar-refractivity contribution < 1.29 is 0 Å². The first-order valence-electron chi connectivity index (χ1n) is 14.6. The molecule has 0 bridgehead atoms. The first kappa shape index (κ1) is 23.5. The Bertz CT molecular complexity index is 2370. The van der Waals surface area contributed by atoms with E-state index in [2.05, 4.69) is 140 Å². The minimum Gasteiger partial charge on any atom is -0.309 e. The molecule has 9 rings (SSSR count).